The maximum Gasteiger partial charge on any atom is 0.323 e. The molecule has 1 heterocycles. The number of benzene rings is 1. The van der Waals surface area contributed by atoms with Crippen molar-refractivity contribution in [2.75, 3.05) is 13.2 Å². The van der Waals surface area contributed by atoms with E-state index in [2.05, 4.69) is 32.9 Å². The lowest BCUT2D eigenvalue weighted by molar-refractivity contribution is -0.404. The molecule has 4 atom stereocenters. The van der Waals surface area contributed by atoms with Crippen LogP contribution < -0.4 is 0 Å². The molecule has 0 N–H and O–H groups in total. The molecule has 6 nitrogen and oxygen atoms in total. The molecule has 0 unspecified atom stereocenters. The van der Waals surface area contributed by atoms with Gasteiger partial charge in [-0.3, -0.25) is 9.59 Å². The molecule has 4 rings (SSSR count). The lowest BCUT2D eigenvalue weighted by Gasteiger charge is -2.61. The number of carbonyl (C=O) groups is 2. The van der Waals surface area contributed by atoms with E-state index < -0.39 is 28.7 Å². The van der Waals surface area contributed by atoms with Crippen molar-refractivity contribution in [3.8, 4) is 0 Å². The van der Waals surface area contributed by atoms with Gasteiger partial charge in [0.05, 0.1) is 24.9 Å². The number of ether oxygens (including phenoxy) is 4. The van der Waals surface area contributed by atoms with Gasteiger partial charge in [-0.15, -0.1) is 0 Å². The van der Waals surface area contributed by atoms with Gasteiger partial charge in [-0.25, -0.2) is 0 Å². The topological polar surface area (TPSA) is 71.1 Å². The third kappa shape index (κ3) is 4.07. The summed E-state index contributed by atoms with van der Waals surface area (Å²) in [5.41, 5.74) is -0.931. The number of hydrogen-bond acceptors (Lipinski definition) is 6. The predicted molar refractivity (Wildman–Crippen MR) is 128 cm³/mol. The Bertz CT molecular complexity index is 877. The predicted octanol–water partition coefficient (Wildman–Crippen LogP) is 5.22. The van der Waals surface area contributed by atoms with Crippen molar-refractivity contribution in [3.63, 3.8) is 0 Å². The minimum Gasteiger partial charge on any atom is -0.465 e. The monoisotopic (exact) mass is 472 g/mol. The first kappa shape index (κ1) is 25.2. The summed E-state index contributed by atoms with van der Waals surface area (Å²) in [6, 6.07) is 10.1. The fourth-order valence-corrected chi connectivity index (χ4v) is 6.52. The second-order valence-corrected chi connectivity index (χ2v) is 11.0. The summed E-state index contributed by atoms with van der Waals surface area (Å²) in [5.74, 6) is -2.34. The molecule has 1 aliphatic heterocycles. The number of rotatable bonds is 6. The molecule has 3 fully saturated rings. The summed E-state index contributed by atoms with van der Waals surface area (Å²) in [5, 5.41) is 0. The number of hydrogen-bond donors (Lipinski definition) is 0. The molecule has 3 aliphatic rings. The molecule has 0 aromatic heterocycles. The Morgan fingerprint density at radius 3 is 2.26 bits per heavy atom. The van der Waals surface area contributed by atoms with Crippen LogP contribution in [0.25, 0.3) is 0 Å². The van der Waals surface area contributed by atoms with Crippen LogP contribution in [0.5, 0.6) is 0 Å². The van der Waals surface area contributed by atoms with Crippen LogP contribution in [0.15, 0.2) is 30.3 Å². The highest BCUT2D eigenvalue weighted by molar-refractivity contribution is 6.00. The second-order valence-electron chi connectivity index (χ2n) is 11.0. The summed E-state index contributed by atoms with van der Waals surface area (Å²) >= 11 is 0. The van der Waals surface area contributed by atoms with Gasteiger partial charge in [-0.2, -0.15) is 0 Å². The number of carbonyl (C=O) groups excluding carboxylic acids is 2. The SMILES string of the molecule is CCOC(=O)C1(C(=O)OCC)C[C@@H](Cc2ccccc2)[C@]2(C1)O[C@@H]1CCCC[C@@]1(C)C(C)(C)O2. The van der Waals surface area contributed by atoms with Gasteiger partial charge < -0.3 is 18.9 Å². The highest BCUT2D eigenvalue weighted by Crippen LogP contribution is 2.62. The molecule has 6 heteroatoms. The van der Waals surface area contributed by atoms with Crippen molar-refractivity contribution in [2.45, 2.75) is 97.1 Å². The van der Waals surface area contributed by atoms with Crippen LogP contribution in [0.4, 0.5) is 0 Å². The van der Waals surface area contributed by atoms with Gasteiger partial charge in [0.1, 0.15) is 0 Å². The molecule has 1 saturated heterocycles. The van der Waals surface area contributed by atoms with Gasteiger partial charge in [0.25, 0.3) is 0 Å². The molecule has 34 heavy (non-hydrogen) atoms. The van der Waals surface area contributed by atoms with Crippen LogP contribution in [0.3, 0.4) is 0 Å². The molecule has 0 amide bonds. The van der Waals surface area contributed by atoms with Crippen molar-refractivity contribution in [1.82, 2.24) is 0 Å². The number of esters is 2. The fourth-order valence-electron chi connectivity index (χ4n) is 6.52. The minimum atomic E-state index is -1.44. The second kappa shape index (κ2) is 9.27. The lowest BCUT2D eigenvalue weighted by atomic mass is 9.62. The fraction of sp³-hybridized carbons (Fsp3) is 0.714. The van der Waals surface area contributed by atoms with Gasteiger partial charge in [0.2, 0.25) is 0 Å². The third-order valence-electron chi connectivity index (χ3n) is 8.69. The molecular formula is C28H40O6. The van der Waals surface area contributed by atoms with Crippen molar-refractivity contribution < 1.29 is 28.5 Å². The van der Waals surface area contributed by atoms with E-state index >= 15 is 0 Å². The van der Waals surface area contributed by atoms with Gasteiger partial charge >= 0.3 is 11.9 Å². The molecule has 1 aromatic carbocycles. The maximum atomic E-state index is 13.4. The smallest absolute Gasteiger partial charge is 0.323 e. The average molecular weight is 473 g/mol. The summed E-state index contributed by atoms with van der Waals surface area (Å²) in [7, 11) is 0. The van der Waals surface area contributed by atoms with Crippen LogP contribution in [-0.4, -0.2) is 42.6 Å². The quantitative estimate of drug-likeness (QED) is 0.417. The van der Waals surface area contributed by atoms with Crippen LogP contribution in [0, 0.1) is 16.7 Å². The molecule has 1 aromatic rings. The van der Waals surface area contributed by atoms with Crippen LogP contribution in [-0.2, 0) is 35.0 Å². The Morgan fingerprint density at radius 1 is 1.00 bits per heavy atom. The van der Waals surface area contributed by atoms with E-state index in [0.29, 0.717) is 6.42 Å². The highest BCUT2D eigenvalue weighted by Gasteiger charge is 2.70. The Morgan fingerprint density at radius 2 is 1.65 bits per heavy atom. The Balaban J connectivity index is 1.79. The van der Waals surface area contributed by atoms with Crippen molar-refractivity contribution in [3.05, 3.63) is 35.9 Å². The number of fused-ring (bicyclic) bond motifs is 1. The van der Waals surface area contributed by atoms with E-state index in [-0.39, 0.29) is 43.5 Å². The van der Waals surface area contributed by atoms with E-state index in [0.717, 1.165) is 31.2 Å². The van der Waals surface area contributed by atoms with E-state index in [1.54, 1.807) is 13.8 Å². The van der Waals surface area contributed by atoms with Gasteiger partial charge in [-0.05, 0) is 58.9 Å². The van der Waals surface area contributed by atoms with Crippen LogP contribution in [0.2, 0.25) is 0 Å². The van der Waals surface area contributed by atoms with E-state index in [9.17, 15) is 9.59 Å². The average Bonchev–Trinajstić information content (AvgIpc) is 3.09. The zero-order valence-corrected chi connectivity index (χ0v) is 21.4. The first-order valence-electron chi connectivity index (χ1n) is 12.9. The minimum absolute atomic E-state index is 0.00321. The van der Waals surface area contributed by atoms with Crippen molar-refractivity contribution in [1.29, 1.82) is 0 Å². The molecular weight excluding hydrogens is 432 g/mol. The van der Waals surface area contributed by atoms with Gasteiger partial charge in [0, 0.05) is 17.8 Å². The van der Waals surface area contributed by atoms with Crippen LogP contribution in [0.1, 0.15) is 78.7 Å². The zero-order valence-electron chi connectivity index (χ0n) is 21.4. The Hall–Kier alpha value is -1.92. The van der Waals surface area contributed by atoms with E-state index in [1.165, 1.54) is 0 Å². The molecule has 188 valence electrons. The van der Waals surface area contributed by atoms with Crippen molar-refractivity contribution in [2.24, 2.45) is 16.7 Å². The lowest BCUT2D eigenvalue weighted by Crippen LogP contribution is -2.66. The van der Waals surface area contributed by atoms with Crippen molar-refractivity contribution >= 4 is 11.9 Å². The summed E-state index contributed by atoms with van der Waals surface area (Å²) < 4.78 is 24.8. The zero-order chi connectivity index (χ0) is 24.6. The molecule has 2 aliphatic carbocycles. The third-order valence-corrected chi connectivity index (χ3v) is 8.69. The Kier molecular flexibility index (Phi) is 6.87. The standard InChI is InChI=1S/C28H40O6/c1-6-31-23(29)27(24(30)32-7-2)18-21(17-20-13-9-8-10-14-20)28(19-27)33-22-15-11-12-16-26(22,5)25(3,4)34-28/h8-10,13-14,21-22H,6-7,11-12,15-19H2,1-5H3/t21-,22-,26-,28-/m1/s1. The summed E-state index contributed by atoms with van der Waals surface area (Å²) in [6.45, 7) is 10.5. The normalized spacial score (nSPS) is 33.8. The van der Waals surface area contributed by atoms with Gasteiger partial charge in [0.15, 0.2) is 11.2 Å². The van der Waals surface area contributed by atoms with Gasteiger partial charge in [-0.1, -0.05) is 50.1 Å². The summed E-state index contributed by atoms with van der Waals surface area (Å²) in [6.07, 6.45) is 5.28. The first-order chi connectivity index (χ1) is 16.1. The summed E-state index contributed by atoms with van der Waals surface area (Å²) in [4.78, 5) is 26.8. The largest absolute Gasteiger partial charge is 0.465 e. The molecule has 2 saturated carbocycles. The molecule has 0 bridgehead atoms. The highest BCUT2D eigenvalue weighted by atomic mass is 16.7. The van der Waals surface area contributed by atoms with E-state index in [4.69, 9.17) is 18.9 Å². The van der Waals surface area contributed by atoms with E-state index in [1.807, 2.05) is 18.2 Å². The molecule has 0 radical (unpaired) electrons. The first-order valence-corrected chi connectivity index (χ1v) is 12.9. The Labute approximate surface area is 203 Å². The van der Waals surface area contributed by atoms with Crippen LogP contribution >= 0.6 is 0 Å². The maximum absolute atomic E-state index is 13.4. The molecule has 1 spiro atoms.